The summed E-state index contributed by atoms with van der Waals surface area (Å²) in [5, 5.41) is 9.15. The van der Waals surface area contributed by atoms with Gasteiger partial charge in [0.25, 0.3) is 0 Å². The van der Waals surface area contributed by atoms with Crippen LogP contribution in [-0.2, 0) is 0 Å². The highest BCUT2D eigenvalue weighted by Gasteiger charge is 2.08. The van der Waals surface area contributed by atoms with Crippen LogP contribution >= 0.6 is 0 Å². The molecule has 0 spiro atoms. The van der Waals surface area contributed by atoms with E-state index in [0.29, 0.717) is 17.9 Å². The summed E-state index contributed by atoms with van der Waals surface area (Å²) in [6.07, 6.45) is 0. The monoisotopic (exact) mass is 180 g/mol. The van der Waals surface area contributed by atoms with E-state index in [0.717, 1.165) is 0 Å². The van der Waals surface area contributed by atoms with E-state index in [4.69, 9.17) is 9.84 Å². The number of carbonyl (C=O) groups is 1. The van der Waals surface area contributed by atoms with Gasteiger partial charge in [-0.25, -0.2) is 0 Å². The van der Waals surface area contributed by atoms with Gasteiger partial charge in [0.2, 0.25) is 0 Å². The van der Waals surface area contributed by atoms with Crippen LogP contribution in [0.3, 0.4) is 0 Å². The average molecular weight is 180 g/mol. The molecule has 0 amide bonds. The largest absolute Gasteiger partial charge is 0.508 e. The van der Waals surface area contributed by atoms with Gasteiger partial charge in [-0.05, 0) is 26.0 Å². The molecule has 0 aliphatic rings. The van der Waals surface area contributed by atoms with Crippen LogP contribution in [-0.4, -0.2) is 17.5 Å². The molecule has 0 radical (unpaired) electrons. The molecule has 0 aliphatic carbocycles. The quantitative estimate of drug-likeness (QED) is 0.723. The molecule has 0 aliphatic heterocycles. The van der Waals surface area contributed by atoms with Crippen LogP contribution in [0.2, 0.25) is 0 Å². The predicted octanol–water partition coefficient (Wildman–Crippen LogP) is 1.99. The molecule has 0 aromatic heterocycles. The minimum absolute atomic E-state index is 0.0662. The lowest BCUT2D eigenvalue weighted by molar-refractivity contribution is 0.101. The first kappa shape index (κ1) is 9.58. The van der Waals surface area contributed by atoms with Crippen LogP contribution in [0, 0.1) is 0 Å². The van der Waals surface area contributed by atoms with Gasteiger partial charge in [-0.1, -0.05) is 0 Å². The molecule has 0 saturated carbocycles. The SMILES string of the molecule is CCOc1cc(O)ccc1C(C)=O. The highest BCUT2D eigenvalue weighted by Crippen LogP contribution is 2.24. The van der Waals surface area contributed by atoms with Crippen LogP contribution < -0.4 is 4.74 Å². The summed E-state index contributed by atoms with van der Waals surface area (Å²) in [6.45, 7) is 3.77. The molecule has 13 heavy (non-hydrogen) atoms. The van der Waals surface area contributed by atoms with E-state index in [1.807, 2.05) is 6.92 Å². The van der Waals surface area contributed by atoms with Crippen molar-refractivity contribution in [2.24, 2.45) is 0 Å². The molecule has 3 heteroatoms. The fourth-order valence-electron chi connectivity index (χ4n) is 1.08. The van der Waals surface area contributed by atoms with Crippen LogP contribution in [0.1, 0.15) is 24.2 Å². The predicted molar refractivity (Wildman–Crippen MR) is 49.3 cm³/mol. The van der Waals surface area contributed by atoms with E-state index in [-0.39, 0.29) is 11.5 Å². The number of hydrogen-bond acceptors (Lipinski definition) is 3. The smallest absolute Gasteiger partial charge is 0.163 e. The molecular weight excluding hydrogens is 168 g/mol. The number of hydrogen-bond donors (Lipinski definition) is 1. The van der Waals surface area contributed by atoms with E-state index >= 15 is 0 Å². The highest BCUT2D eigenvalue weighted by molar-refractivity contribution is 5.97. The second-order valence-electron chi connectivity index (χ2n) is 2.67. The van der Waals surface area contributed by atoms with Gasteiger partial charge in [0.15, 0.2) is 5.78 Å². The Bertz CT molecular complexity index is 318. The molecule has 0 bridgehead atoms. The Morgan fingerprint density at radius 1 is 1.54 bits per heavy atom. The van der Waals surface area contributed by atoms with Crippen molar-refractivity contribution in [3.8, 4) is 11.5 Å². The van der Waals surface area contributed by atoms with E-state index in [9.17, 15) is 4.79 Å². The minimum atomic E-state index is -0.0662. The van der Waals surface area contributed by atoms with Gasteiger partial charge < -0.3 is 9.84 Å². The van der Waals surface area contributed by atoms with Crippen molar-refractivity contribution in [2.75, 3.05) is 6.61 Å². The fourth-order valence-corrected chi connectivity index (χ4v) is 1.08. The molecule has 1 N–H and O–H groups in total. The number of ether oxygens (including phenoxy) is 1. The number of phenols is 1. The molecule has 3 nitrogen and oxygen atoms in total. The normalized spacial score (nSPS) is 9.69. The number of aromatic hydroxyl groups is 1. The van der Waals surface area contributed by atoms with Crippen molar-refractivity contribution in [3.63, 3.8) is 0 Å². The van der Waals surface area contributed by atoms with Crippen LogP contribution in [0.5, 0.6) is 11.5 Å². The Morgan fingerprint density at radius 3 is 2.77 bits per heavy atom. The van der Waals surface area contributed by atoms with Gasteiger partial charge in [-0.15, -0.1) is 0 Å². The summed E-state index contributed by atoms with van der Waals surface area (Å²) >= 11 is 0. The maximum absolute atomic E-state index is 11.1. The third kappa shape index (κ3) is 2.21. The lowest BCUT2D eigenvalue weighted by Crippen LogP contribution is -1.99. The van der Waals surface area contributed by atoms with E-state index < -0.39 is 0 Å². The van der Waals surface area contributed by atoms with E-state index in [1.54, 1.807) is 6.07 Å². The first-order valence-electron chi connectivity index (χ1n) is 4.12. The third-order valence-corrected chi connectivity index (χ3v) is 1.64. The zero-order chi connectivity index (χ0) is 9.84. The molecule has 0 heterocycles. The number of Topliss-reactive ketones (excluding diaryl/α,β-unsaturated/α-hetero) is 1. The third-order valence-electron chi connectivity index (χ3n) is 1.64. The van der Waals surface area contributed by atoms with Gasteiger partial charge in [-0.2, -0.15) is 0 Å². The lowest BCUT2D eigenvalue weighted by atomic mass is 10.1. The molecule has 1 rings (SSSR count). The van der Waals surface area contributed by atoms with E-state index in [1.165, 1.54) is 19.1 Å². The number of benzene rings is 1. The lowest BCUT2D eigenvalue weighted by Gasteiger charge is -2.07. The summed E-state index contributed by atoms with van der Waals surface area (Å²) in [4.78, 5) is 11.1. The van der Waals surface area contributed by atoms with Crippen molar-refractivity contribution in [1.82, 2.24) is 0 Å². The summed E-state index contributed by atoms with van der Waals surface area (Å²) < 4.78 is 5.20. The molecule has 0 saturated heterocycles. The first-order valence-corrected chi connectivity index (χ1v) is 4.12. The Morgan fingerprint density at radius 2 is 2.23 bits per heavy atom. The summed E-state index contributed by atoms with van der Waals surface area (Å²) in [7, 11) is 0. The second-order valence-corrected chi connectivity index (χ2v) is 2.67. The van der Waals surface area contributed by atoms with Crippen molar-refractivity contribution in [1.29, 1.82) is 0 Å². The first-order chi connectivity index (χ1) is 6.15. The molecule has 0 unspecified atom stereocenters. The van der Waals surface area contributed by atoms with Gasteiger partial charge in [0.05, 0.1) is 12.2 Å². The Labute approximate surface area is 77.0 Å². The standard InChI is InChI=1S/C10H12O3/c1-3-13-10-6-8(12)4-5-9(10)7(2)11/h4-6,12H,3H2,1-2H3. The van der Waals surface area contributed by atoms with Crippen LogP contribution in [0.4, 0.5) is 0 Å². The van der Waals surface area contributed by atoms with Crippen LogP contribution in [0.15, 0.2) is 18.2 Å². The Balaban J connectivity index is 3.10. The summed E-state index contributed by atoms with van der Waals surface area (Å²) in [5.41, 5.74) is 0.500. The fraction of sp³-hybridized carbons (Fsp3) is 0.300. The zero-order valence-electron chi connectivity index (χ0n) is 7.70. The zero-order valence-corrected chi connectivity index (χ0v) is 7.70. The summed E-state index contributed by atoms with van der Waals surface area (Å²) in [6, 6.07) is 4.47. The molecule has 70 valence electrons. The van der Waals surface area contributed by atoms with Crippen molar-refractivity contribution >= 4 is 5.78 Å². The van der Waals surface area contributed by atoms with Crippen molar-refractivity contribution < 1.29 is 14.6 Å². The number of rotatable bonds is 3. The second kappa shape index (κ2) is 3.94. The van der Waals surface area contributed by atoms with Crippen molar-refractivity contribution in [2.45, 2.75) is 13.8 Å². The number of ketones is 1. The molecule has 0 atom stereocenters. The van der Waals surface area contributed by atoms with Gasteiger partial charge in [0.1, 0.15) is 11.5 Å². The molecule has 1 aromatic carbocycles. The van der Waals surface area contributed by atoms with Gasteiger partial charge in [-0.3, -0.25) is 4.79 Å². The molecule has 0 fully saturated rings. The maximum atomic E-state index is 11.1. The van der Waals surface area contributed by atoms with Gasteiger partial charge >= 0.3 is 0 Å². The molecular formula is C10H12O3. The maximum Gasteiger partial charge on any atom is 0.163 e. The number of carbonyl (C=O) groups excluding carboxylic acids is 1. The highest BCUT2D eigenvalue weighted by atomic mass is 16.5. The van der Waals surface area contributed by atoms with Crippen molar-refractivity contribution in [3.05, 3.63) is 23.8 Å². The summed E-state index contributed by atoms with van der Waals surface area (Å²) in [5.74, 6) is 0.479. The van der Waals surface area contributed by atoms with E-state index in [2.05, 4.69) is 0 Å². The molecule has 1 aromatic rings. The minimum Gasteiger partial charge on any atom is -0.508 e. The topological polar surface area (TPSA) is 46.5 Å². The van der Waals surface area contributed by atoms with Crippen LogP contribution in [0.25, 0.3) is 0 Å². The van der Waals surface area contributed by atoms with Gasteiger partial charge in [0, 0.05) is 6.07 Å². The average Bonchev–Trinajstić information content (AvgIpc) is 2.04. The Hall–Kier alpha value is -1.51. The number of phenolic OH excluding ortho intramolecular Hbond substituents is 1. The Kier molecular flexibility index (Phi) is 2.90.